The summed E-state index contributed by atoms with van der Waals surface area (Å²) in [4.78, 5) is 12.3. The number of hydrogen-bond donors (Lipinski definition) is 1. The van der Waals surface area contributed by atoms with E-state index in [-0.39, 0.29) is 17.5 Å². The van der Waals surface area contributed by atoms with Gasteiger partial charge in [0.25, 0.3) is 0 Å². The number of ether oxygens (including phenoxy) is 1. The van der Waals surface area contributed by atoms with Gasteiger partial charge in [-0.05, 0) is 30.3 Å². The van der Waals surface area contributed by atoms with Gasteiger partial charge in [-0.3, -0.25) is 0 Å². The van der Waals surface area contributed by atoms with Gasteiger partial charge in [-0.15, -0.1) is 0 Å². The Balaban J connectivity index is 1.93. The minimum atomic E-state index is -0.371. The average Bonchev–Trinajstić information content (AvgIpc) is 2.95. The molecule has 122 valence electrons. The summed E-state index contributed by atoms with van der Waals surface area (Å²) < 4.78 is 10.5. The molecule has 0 bridgehead atoms. The quantitative estimate of drug-likeness (QED) is 0.689. The summed E-state index contributed by atoms with van der Waals surface area (Å²) in [5.74, 6) is 0.731. The van der Waals surface area contributed by atoms with Crippen molar-refractivity contribution in [2.75, 3.05) is 7.11 Å². The highest BCUT2D eigenvalue weighted by molar-refractivity contribution is 6.31. The highest BCUT2D eigenvalue weighted by Gasteiger charge is 2.16. The molecule has 6 nitrogen and oxygen atoms in total. The molecule has 0 atom stereocenters. The largest absolute Gasteiger partial charge is 0.496 e. The van der Waals surface area contributed by atoms with E-state index >= 15 is 0 Å². The maximum atomic E-state index is 9.91. The van der Waals surface area contributed by atoms with Gasteiger partial charge < -0.3 is 14.3 Å². The van der Waals surface area contributed by atoms with Crippen molar-refractivity contribution in [1.29, 1.82) is 0 Å². The SMILES string of the molecule is COc1ccc(Cl)cc1-c1nc(C=Nc2ccc(Cl)cn2)c(O)o1. The van der Waals surface area contributed by atoms with Crippen LogP contribution in [0.4, 0.5) is 5.82 Å². The van der Waals surface area contributed by atoms with E-state index in [0.29, 0.717) is 27.2 Å². The maximum absolute atomic E-state index is 9.91. The number of hydrogen-bond acceptors (Lipinski definition) is 6. The van der Waals surface area contributed by atoms with Crippen LogP contribution in [-0.2, 0) is 0 Å². The second-order valence-corrected chi connectivity index (χ2v) is 5.52. The van der Waals surface area contributed by atoms with Crippen LogP contribution in [0.25, 0.3) is 11.5 Å². The van der Waals surface area contributed by atoms with Gasteiger partial charge in [-0.25, -0.2) is 15.0 Å². The molecule has 0 fully saturated rings. The van der Waals surface area contributed by atoms with Crippen LogP contribution in [0.5, 0.6) is 11.7 Å². The second-order valence-electron chi connectivity index (χ2n) is 4.65. The molecule has 2 heterocycles. The molecule has 24 heavy (non-hydrogen) atoms. The predicted octanol–water partition coefficient (Wildman–Crippen LogP) is 4.51. The molecule has 2 aromatic heterocycles. The number of halogens is 2. The van der Waals surface area contributed by atoms with Crippen molar-refractivity contribution >= 4 is 35.2 Å². The topological polar surface area (TPSA) is 80.7 Å². The van der Waals surface area contributed by atoms with E-state index in [1.54, 1.807) is 30.3 Å². The lowest BCUT2D eigenvalue weighted by Crippen LogP contribution is -1.89. The first-order valence-corrected chi connectivity index (χ1v) is 7.52. The zero-order valence-corrected chi connectivity index (χ0v) is 13.9. The van der Waals surface area contributed by atoms with Crippen LogP contribution in [-0.4, -0.2) is 28.4 Å². The van der Waals surface area contributed by atoms with Gasteiger partial charge in [0.2, 0.25) is 5.89 Å². The first-order chi connectivity index (χ1) is 11.6. The lowest BCUT2D eigenvalue weighted by atomic mass is 10.2. The van der Waals surface area contributed by atoms with Crippen molar-refractivity contribution in [3.05, 3.63) is 52.3 Å². The fraction of sp³-hybridized carbons (Fsp3) is 0.0625. The Bertz CT molecular complexity index is 892. The molecule has 1 aromatic carbocycles. The van der Waals surface area contributed by atoms with Crippen molar-refractivity contribution in [2.24, 2.45) is 4.99 Å². The Hall–Kier alpha value is -2.57. The molecule has 0 saturated carbocycles. The van der Waals surface area contributed by atoms with Gasteiger partial charge in [0, 0.05) is 11.2 Å². The Kier molecular flexibility index (Phi) is 4.69. The minimum absolute atomic E-state index is 0.156. The van der Waals surface area contributed by atoms with Gasteiger partial charge in [-0.2, -0.15) is 0 Å². The van der Waals surface area contributed by atoms with Crippen LogP contribution in [0.3, 0.4) is 0 Å². The molecule has 0 unspecified atom stereocenters. The highest BCUT2D eigenvalue weighted by Crippen LogP contribution is 2.34. The summed E-state index contributed by atoms with van der Waals surface area (Å²) in [6.07, 6.45) is 2.81. The third-order valence-electron chi connectivity index (χ3n) is 3.06. The van der Waals surface area contributed by atoms with Crippen molar-refractivity contribution in [2.45, 2.75) is 0 Å². The number of rotatable bonds is 4. The van der Waals surface area contributed by atoms with E-state index in [1.807, 2.05) is 0 Å². The third kappa shape index (κ3) is 3.50. The number of aliphatic imine (C=N–C) groups is 1. The molecule has 0 aliphatic rings. The Morgan fingerprint density at radius 2 is 2.00 bits per heavy atom. The minimum Gasteiger partial charge on any atom is -0.496 e. The molecule has 0 saturated heterocycles. The van der Waals surface area contributed by atoms with Crippen molar-refractivity contribution in [3.8, 4) is 23.1 Å². The fourth-order valence-corrected chi connectivity index (χ4v) is 2.23. The predicted molar refractivity (Wildman–Crippen MR) is 91.7 cm³/mol. The van der Waals surface area contributed by atoms with Crippen LogP contribution in [0, 0.1) is 0 Å². The van der Waals surface area contributed by atoms with E-state index in [1.165, 1.54) is 19.5 Å². The Morgan fingerprint density at radius 1 is 1.21 bits per heavy atom. The van der Waals surface area contributed by atoms with E-state index in [9.17, 15) is 5.11 Å². The monoisotopic (exact) mass is 363 g/mol. The highest BCUT2D eigenvalue weighted by atomic mass is 35.5. The molecule has 1 N–H and O–H groups in total. The molecule has 0 aliphatic heterocycles. The van der Waals surface area contributed by atoms with E-state index in [0.717, 1.165) is 0 Å². The number of aromatic hydroxyl groups is 1. The summed E-state index contributed by atoms with van der Waals surface area (Å²) in [6.45, 7) is 0. The zero-order valence-electron chi connectivity index (χ0n) is 12.4. The molecule has 0 aliphatic carbocycles. The summed E-state index contributed by atoms with van der Waals surface area (Å²) in [7, 11) is 1.52. The molecule has 0 radical (unpaired) electrons. The fourth-order valence-electron chi connectivity index (χ4n) is 1.94. The number of nitrogens with zero attached hydrogens (tertiary/aromatic N) is 3. The van der Waals surface area contributed by atoms with Gasteiger partial charge >= 0.3 is 5.95 Å². The van der Waals surface area contributed by atoms with Gasteiger partial charge in [-0.1, -0.05) is 23.2 Å². The van der Waals surface area contributed by atoms with Crippen LogP contribution in [0.2, 0.25) is 10.0 Å². The van der Waals surface area contributed by atoms with Crippen LogP contribution < -0.4 is 4.74 Å². The molecule has 0 spiro atoms. The molecular weight excluding hydrogens is 353 g/mol. The van der Waals surface area contributed by atoms with Gasteiger partial charge in [0.15, 0.2) is 11.5 Å². The molecule has 0 amide bonds. The summed E-state index contributed by atoms with van der Waals surface area (Å²) in [5.41, 5.74) is 0.674. The smallest absolute Gasteiger partial charge is 0.312 e. The number of aromatic nitrogens is 2. The summed E-state index contributed by atoms with van der Waals surface area (Å²) in [5, 5.41) is 10.9. The van der Waals surface area contributed by atoms with Gasteiger partial charge in [0.05, 0.1) is 23.9 Å². The normalized spacial score (nSPS) is 11.1. The van der Waals surface area contributed by atoms with Crippen LogP contribution in [0.15, 0.2) is 45.9 Å². The summed E-state index contributed by atoms with van der Waals surface area (Å²) >= 11 is 11.8. The first-order valence-electron chi connectivity index (χ1n) is 6.76. The van der Waals surface area contributed by atoms with E-state index in [4.69, 9.17) is 32.4 Å². The lowest BCUT2D eigenvalue weighted by Gasteiger charge is -2.04. The second kappa shape index (κ2) is 6.90. The Morgan fingerprint density at radius 3 is 2.71 bits per heavy atom. The number of benzene rings is 1. The van der Waals surface area contributed by atoms with Crippen LogP contribution >= 0.6 is 23.2 Å². The molecule has 3 rings (SSSR count). The van der Waals surface area contributed by atoms with Gasteiger partial charge in [0.1, 0.15) is 5.75 Å². The number of pyridine rings is 1. The van der Waals surface area contributed by atoms with Crippen molar-refractivity contribution < 1.29 is 14.3 Å². The summed E-state index contributed by atoms with van der Waals surface area (Å²) in [6, 6.07) is 8.29. The van der Waals surface area contributed by atoms with Crippen molar-refractivity contribution in [3.63, 3.8) is 0 Å². The van der Waals surface area contributed by atoms with E-state index in [2.05, 4.69) is 15.0 Å². The standard InChI is InChI=1S/C16H11Cl2N3O3/c1-23-13-4-2-9(17)6-11(13)15-21-12(16(22)24-15)8-20-14-5-3-10(18)7-19-14/h2-8,22H,1H3. The first kappa shape index (κ1) is 16.3. The number of oxazole rings is 1. The third-order valence-corrected chi connectivity index (χ3v) is 3.52. The zero-order chi connectivity index (χ0) is 17.1. The average molecular weight is 364 g/mol. The molecular formula is C16H11Cl2N3O3. The Labute approximate surface area is 147 Å². The van der Waals surface area contributed by atoms with Crippen molar-refractivity contribution in [1.82, 2.24) is 9.97 Å². The van der Waals surface area contributed by atoms with E-state index < -0.39 is 0 Å². The molecule has 8 heteroatoms. The van der Waals surface area contributed by atoms with Crippen LogP contribution in [0.1, 0.15) is 5.69 Å². The maximum Gasteiger partial charge on any atom is 0.312 e. The lowest BCUT2D eigenvalue weighted by molar-refractivity contribution is 0.336. The molecule has 3 aromatic rings. The number of methoxy groups -OCH3 is 1.